The number of likely N-dealkylation sites (tertiary alicyclic amines) is 1. The molecule has 0 unspecified atom stereocenters. The lowest BCUT2D eigenvalue weighted by atomic mass is 9.89. The second kappa shape index (κ2) is 6.02. The van der Waals surface area contributed by atoms with Gasteiger partial charge in [-0.3, -0.25) is 4.79 Å². The van der Waals surface area contributed by atoms with Gasteiger partial charge in [-0.2, -0.15) is 5.26 Å². The van der Waals surface area contributed by atoms with Gasteiger partial charge in [0.1, 0.15) is 0 Å². The van der Waals surface area contributed by atoms with E-state index in [4.69, 9.17) is 10.4 Å². The minimum absolute atomic E-state index is 0.208. The lowest BCUT2D eigenvalue weighted by Crippen LogP contribution is -2.47. The third-order valence-corrected chi connectivity index (χ3v) is 3.32. The fourth-order valence-corrected chi connectivity index (χ4v) is 2.19. The molecule has 0 amide bonds. The Labute approximate surface area is 103 Å². The highest BCUT2D eigenvalue weighted by Crippen LogP contribution is 2.23. The average molecular weight is 238 g/mol. The number of rotatable bonds is 7. The zero-order chi connectivity index (χ0) is 12.9. The minimum Gasteiger partial charge on any atom is -0.481 e. The second-order valence-corrected chi connectivity index (χ2v) is 5.68. The SMILES string of the molecule is CC(C)(C#N)CCCCN1CC(CC(=O)O)C1. The van der Waals surface area contributed by atoms with Gasteiger partial charge >= 0.3 is 5.97 Å². The van der Waals surface area contributed by atoms with Crippen LogP contribution < -0.4 is 0 Å². The summed E-state index contributed by atoms with van der Waals surface area (Å²) in [6.45, 7) is 6.83. The fourth-order valence-electron chi connectivity index (χ4n) is 2.19. The van der Waals surface area contributed by atoms with E-state index in [0.29, 0.717) is 12.3 Å². The molecule has 0 aromatic heterocycles. The molecule has 1 N–H and O–H groups in total. The molecule has 1 rings (SSSR count). The molecule has 1 heterocycles. The molecule has 0 atom stereocenters. The van der Waals surface area contributed by atoms with Crippen LogP contribution in [0.15, 0.2) is 0 Å². The van der Waals surface area contributed by atoms with Gasteiger partial charge < -0.3 is 10.0 Å². The summed E-state index contributed by atoms with van der Waals surface area (Å²) in [5, 5.41) is 17.5. The maximum Gasteiger partial charge on any atom is 0.303 e. The van der Waals surface area contributed by atoms with Crippen molar-refractivity contribution in [3.8, 4) is 6.07 Å². The van der Waals surface area contributed by atoms with Crippen molar-refractivity contribution < 1.29 is 9.90 Å². The number of nitrogens with zero attached hydrogens (tertiary/aromatic N) is 2. The molecule has 0 bridgehead atoms. The van der Waals surface area contributed by atoms with Crippen molar-refractivity contribution in [2.45, 2.75) is 39.5 Å². The standard InChI is InChI=1S/C13H22N2O2/c1-13(2,10-14)5-3-4-6-15-8-11(9-15)7-12(16)17/h11H,3-9H2,1-2H3,(H,16,17). The topological polar surface area (TPSA) is 64.3 Å². The van der Waals surface area contributed by atoms with E-state index in [0.717, 1.165) is 38.9 Å². The Morgan fingerprint density at radius 2 is 2.12 bits per heavy atom. The number of hydrogen-bond acceptors (Lipinski definition) is 3. The molecule has 4 heteroatoms. The molecule has 96 valence electrons. The highest BCUT2D eigenvalue weighted by atomic mass is 16.4. The molecule has 0 aliphatic carbocycles. The van der Waals surface area contributed by atoms with Crippen molar-refractivity contribution in [2.24, 2.45) is 11.3 Å². The van der Waals surface area contributed by atoms with Crippen LogP contribution in [0.5, 0.6) is 0 Å². The first kappa shape index (κ1) is 14.0. The summed E-state index contributed by atoms with van der Waals surface area (Å²) in [4.78, 5) is 12.8. The first-order valence-corrected chi connectivity index (χ1v) is 6.28. The van der Waals surface area contributed by atoms with Gasteiger partial charge in [0.2, 0.25) is 0 Å². The number of unbranched alkanes of at least 4 members (excludes halogenated alkanes) is 1. The smallest absolute Gasteiger partial charge is 0.303 e. The summed E-state index contributed by atoms with van der Waals surface area (Å²) in [5.41, 5.74) is -0.208. The normalized spacial score (nSPS) is 17.5. The Morgan fingerprint density at radius 3 is 2.65 bits per heavy atom. The Balaban J connectivity index is 2.00. The summed E-state index contributed by atoms with van der Waals surface area (Å²) in [6, 6.07) is 2.31. The molecule has 0 aromatic rings. The van der Waals surface area contributed by atoms with Crippen molar-refractivity contribution in [2.75, 3.05) is 19.6 Å². The number of nitriles is 1. The van der Waals surface area contributed by atoms with E-state index >= 15 is 0 Å². The van der Waals surface area contributed by atoms with Crippen LogP contribution in [0, 0.1) is 22.7 Å². The molecule has 1 saturated heterocycles. The molecule has 17 heavy (non-hydrogen) atoms. The Morgan fingerprint density at radius 1 is 1.47 bits per heavy atom. The van der Waals surface area contributed by atoms with E-state index in [2.05, 4.69) is 11.0 Å². The Hall–Kier alpha value is -1.08. The molecule has 1 aliphatic heterocycles. The molecular formula is C13H22N2O2. The monoisotopic (exact) mass is 238 g/mol. The highest BCUT2D eigenvalue weighted by molar-refractivity contribution is 5.67. The summed E-state index contributed by atoms with van der Waals surface area (Å²) in [7, 11) is 0. The van der Waals surface area contributed by atoms with Gasteiger partial charge in [-0.15, -0.1) is 0 Å². The zero-order valence-corrected chi connectivity index (χ0v) is 10.8. The molecule has 0 radical (unpaired) electrons. The quantitative estimate of drug-likeness (QED) is 0.690. The zero-order valence-electron chi connectivity index (χ0n) is 10.8. The van der Waals surface area contributed by atoms with Gasteiger partial charge in [-0.25, -0.2) is 0 Å². The molecular weight excluding hydrogens is 216 g/mol. The van der Waals surface area contributed by atoms with Gasteiger partial charge in [0.05, 0.1) is 17.9 Å². The van der Waals surface area contributed by atoms with E-state index in [1.165, 1.54) is 0 Å². The molecule has 4 nitrogen and oxygen atoms in total. The fraction of sp³-hybridized carbons (Fsp3) is 0.846. The van der Waals surface area contributed by atoms with E-state index in [1.54, 1.807) is 0 Å². The molecule has 1 aliphatic rings. The van der Waals surface area contributed by atoms with Gasteiger partial charge in [-0.05, 0) is 39.2 Å². The number of aliphatic carboxylic acids is 1. The van der Waals surface area contributed by atoms with E-state index in [9.17, 15) is 4.79 Å². The first-order valence-electron chi connectivity index (χ1n) is 6.28. The maximum atomic E-state index is 10.5. The van der Waals surface area contributed by atoms with E-state index < -0.39 is 5.97 Å². The minimum atomic E-state index is -0.689. The molecule has 0 spiro atoms. The van der Waals surface area contributed by atoms with Gasteiger partial charge in [0, 0.05) is 13.1 Å². The van der Waals surface area contributed by atoms with Crippen molar-refractivity contribution in [1.29, 1.82) is 5.26 Å². The van der Waals surface area contributed by atoms with Crippen LogP contribution in [0.1, 0.15) is 39.5 Å². The van der Waals surface area contributed by atoms with Gasteiger partial charge in [0.15, 0.2) is 0 Å². The van der Waals surface area contributed by atoms with Crippen LogP contribution in [0.2, 0.25) is 0 Å². The lowest BCUT2D eigenvalue weighted by Gasteiger charge is -2.38. The average Bonchev–Trinajstić information content (AvgIpc) is 2.19. The molecule has 0 aromatic carbocycles. The summed E-state index contributed by atoms with van der Waals surface area (Å²) in [5.74, 6) is -0.339. The number of carboxylic acid groups (broad SMARTS) is 1. The van der Waals surface area contributed by atoms with Gasteiger partial charge in [-0.1, -0.05) is 6.42 Å². The summed E-state index contributed by atoms with van der Waals surface area (Å²) >= 11 is 0. The molecule has 0 saturated carbocycles. The first-order chi connectivity index (χ1) is 7.93. The molecule has 1 fully saturated rings. The predicted octanol–water partition coefficient (Wildman–Crippen LogP) is 2.11. The maximum absolute atomic E-state index is 10.5. The van der Waals surface area contributed by atoms with Crippen LogP contribution >= 0.6 is 0 Å². The predicted molar refractivity (Wildman–Crippen MR) is 65.4 cm³/mol. The van der Waals surface area contributed by atoms with Crippen LogP contribution in [0.4, 0.5) is 0 Å². The van der Waals surface area contributed by atoms with Crippen LogP contribution in [-0.2, 0) is 4.79 Å². The van der Waals surface area contributed by atoms with Crippen molar-refractivity contribution in [1.82, 2.24) is 4.90 Å². The number of carboxylic acids is 1. The summed E-state index contributed by atoms with van der Waals surface area (Å²) in [6.07, 6.45) is 3.42. The van der Waals surface area contributed by atoms with E-state index in [1.807, 2.05) is 13.8 Å². The third kappa shape index (κ3) is 5.18. The highest BCUT2D eigenvalue weighted by Gasteiger charge is 2.27. The number of carbonyl (C=O) groups is 1. The number of hydrogen-bond donors (Lipinski definition) is 1. The second-order valence-electron chi connectivity index (χ2n) is 5.68. The van der Waals surface area contributed by atoms with E-state index in [-0.39, 0.29) is 5.41 Å². The van der Waals surface area contributed by atoms with Crippen LogP contribution in [0.3, 0.4) is 0 Å². The largest absolute Gasteiger partial charge is 0.481 e. The Kier molecular flexibility index (Phi) is 4.95. The third-order valence-electron chi connectivity index (χ3n) is 3.32. The van der Waals surface area contributed by atoms with Crippen molar-refractivity contribution >= 4 is 5.97 Å². The van der Waals surface area contributed by atoms with Crippen molar-refractivity contribution in [3.63, 3.8) is 0 Å². The lowest BCUT2D eigenvalue weighted by molar-refractivity contribution is -0.139. The van der Waals surface area contributed by atoms with Gasteiger partial charge in [0.25, 0.3) is 0 Å². The van der Waals surface area contributed by atoms with Crippen LogP contribution in [0.25, 0.3) is 0 Å². The van der Waals surface area contributed by atoms with Crippen LogP contribution in [-0.4, -0.2) is 35.6 Å². The summed E-state index contributed by atoms with van der Waals surface area (Å²) < 4.78 is 0. The Bertz CT molecular complexity index is 301. The van der Waals surface area contributed by atoms with Crippen molar-refractivity contribution in [3.05, 3.63) is 0 Å².